The van der Waals surface area contributed by atoms with Crippen LogP contribution in [0.25, 0.3) is 11.0 Å². The lowest BCUT2D eigenvalue weighted by molar-refractivity contribution is -0.129. The molecule has 1 aliphatic heterocycles. The van der Waals surface area contributed by atoms with Crippen LogP contribution < -0.4 is 10.2 Å². The van der Waals surface area contributed by atoms with Gasteiger partial charge in [-0.1, -0.05) is 13.8 Å². The predicted octanol–water partition coefficient (Wildman–Crippen LogP) is 4.20. The molecule has 1 amide bonds. The van der Waals surface area contributed by atoms with E-state index < -0.39 is 0 Å². The largest absolute Gasteiger partial charge is 0.368 e. The van der Waals surface area contributed by atoms with E-state index in [1.54, 1.807) is 6.92 Å². The number of hydrogen-bond donors (Lipinski definition) is 2. The van der Waals surface area contributed by atoms with Crippen molar-refractivity contribution in [1.82, 2.24) is 19.4 Å². The Bertz CT molecular complexity index is 1090. The summed E-state index contributed by atoms with van der Waals surface area (Å²) in [6.07, 6.45) is 5.17. The molecule has 3 heterocycles. The van der Waals surface area contributed by atoms with Crippen molar-refractivity contribution >= 4 is 40.5 Å². The third kappa shape index (κ3) is 4.30. The van der Waals surface area contributed by atoms with Crippen LogP contribution >= 0.6 is 0 Å². The first kappa shape index (κ1) is 21.8. The van der Waals surface area contributed by atoms with E-state index in [4.69, 9.17) is 10.4 Å². The number of benzene rings is 1. The molecule has 8 nitrogen and oxygen atoms in total. The van der Waals surface area contributed by atoms with Gasteiger partial charge in [-0.15, -0.1) is 0 Å². The van der Waals surface area contributed by atoms with Crippen LogP contribution in [0, 0.1) is 5.41 Å². The fourth-order valence-electron chi connectivity index (χ4n) is 4.40. The van der Waals surface area contributed by atoms with Crippen molar-refractivity contribution in [2.24, 2.45) is 0 Å². The molecule has 1 aliphatic rings. The monoisotopic (exact) mass is 433 g/mol. The van der Waals surface area contributed by atoms with Gasteiger partial charge in [-0.05, 0) is 43.2 Å². The van der Waals surface area contributed by atoms with Crippen molar-refractivity contribution in [2.75, 3.05) is 36.4 Å². The number of aromatic nitrogens is 3. The van der Waals surface area contributed by atoms with Crippen molar-refractivity contribution in [3.05, 3.63) is 42.2 Å². The van der Waals surface area contributed by atoms with Gasteiger partial charge < -0.3 is 25.1 Å². The van der Waals surface area contributed by atoms with Crippen LogP contribution in [-0.2, 0) is 4.79 Å². The summed E-state index contributed by atoms with van der Waals surface area (Å²) in [5.41, 5.74) is 3.78. The van der Waals surface area contributed by atoms with Crippen molar-refractivity contribution in [3.63, 3.8) is 0 Å². The predicted molar refractivity (Wildman–Crippen MR) is 129 cm³/mol. The van der Waals surface area contributed by atoms with Crippen molar-refractivity contribution in [2.45, 2.75) is 39.7 Å². The SMILES string of the molecule is CCC(CC)n1c(C=N)cc2cnc(Nc3ccc(N4CCN(C(C)=O)CC4)cc3)nc21. The van der Waals surface area contributed by atoms with E-state index in [0.717, 1.165) is 67.1 Å². The Kier molecular flexibility index (Phi) is 6.39. The summed E-state index contributed by atoms with van der Waals surface area (Å²) in [6, 6.07) is 10.5. The molecule has 0 unspecified atom stereocenters. The van der Waals surface area contributed by atoms with Gasteiger partial charge in [0.15, 0.2) is 0 Å². The normalized spacial score (nSPS) is 14.2. The number of amides is 1. The van der Waals surface area contributed by atoms with E-state index in [2.05, 4.69) is 45.7 Å². The molecule has 2 N–H and O–H groups in total. The van der Waals surface area contributed by atoms with E-state index in [0.29, 0.717) is 12.0 Å². The number of hydrogen-bond acceptors (Lipinski definition) is 6. The van der Waals surface area contributed by atoms with Gasteiger partial charge in [0.2, 0.25) is 11.9 Å². The first-order chi connectivity index (χ1) is 15.5. The Morgan fingerprint density at radius 2 is 1.84 bits per heavy atom. The van der Waals surface area contributed by atoms with Gasteiger partial charge in [0, 0.05) is 68.3 Å². The fraction of sp³-hybridized carbons (Fsp3) is 0.417. The summed E-state index contributed by atoms with van der Waals surface area (Å²) < 4.78 is 2.15. The summed E-state index contributed by atoms with van der Waals surface area (Å²) in [7, 11) is 0. The zero-order valence-corrected chi connectivity index (χ0v) is 19.0. The Balaban J connectivity index is 1.51. The molecule has 1 aromatic carbocycles. The van der Waals surface area contributed by atoms with Gasteiger partial charge in [0.25, 0.3) is 0 Å². The van der Waals surface area contributed by atoms with E-state index in [1.165, 1.54) is 6.21 Å². The van der Waals surface area contributed by atoms with Crippen molar-refractivity contribution < 1.29 is 4.79 Å². The second kappa shape index (κ2) is 9.38. The average molecular weight is 434 g/mol. The average Bonchev–Trinajstić information content (AvgIpc) is 3.18. The molecular formula is C24H31N7O. The highest BCUT2D eigenvalue weighted by Crippen LogP contribution is 2.27. The van der Waals surface area contributed by atoms with Gasteiger partial charge >= 0.3 is 0 Å². The minimum atomic E-state index is 0.143. The number of carbonyl (C=O) groups is 1. The first-order valence-corrected chi connectivity index (χ1v) is 11.3. The molecule has 1 saturated heterocycles. The molecule has 0 spiro atoms. The second-order valence-electron chi connectivity index (χ2n) is 8.19. The smallest absolute Gasteiger partial charge is 0.229 e. The summed E-state index contributed by atoms with van der Waals surface area (Å²) >= 11 is 0. The number of anilines is 3. The number of nitrogens with one attached hydrogen (secondary N) is 2. The molecule has 0 radical (unpaired) electrons. The second-order valence-corrected chi connectivity index (χ2v) is 8.19. The lowest BCUT2D eigenvalue weighted by atomic mass is 10.1. The van der Waals surface area contributed by atoms with Gasteiger partial charge in [-0.25, -0.2) is 4.98 Å². The summed E-state index contributed by atoms with van der Waals surface area (Å²) in [4.78, 5) is 25.0. The fourth-order valence-corrected chi connectivity index (χ4v) is 4.40. The maximum absolute atomic E-state index is 11.5. The molecule has 0 saturated carbocycles. The lowest BCUT2D eigenvalue weighted by Crippen LogP contribution is -2.48. The number of nitrogens with zero attached hydrogens (tertiary/aromatic N) is 5. The minimum Gasteiger partial charge on any atom is -0.368 e. The van der Waals surface area contributed by atoms with E-state index in [9.17, 15) is 4.79 Å². The highest BCUT2D eigenvalue weighted by Gasteiger charge is 2.19. The summed E-state index contributed by atoms with van der Waals surface area (Å²) in [5, 5.41) is 12.1. The Morgan fingerprint density at radius 1 is 1.16 bits per heavy atom. The lowest BCUT2D eigenvalue weighted by Gasteiger charge is -2.35. The molecule has 0 atom stereocenters. The molecule has 168 valence electrons. The minimum absolute atomic E-state index is 0.143. The molecule has 8 heteroatoms. The van der Waals surface area contributed by atoms with Crippen molar-refractivity contribution in [3.8, 4) is 0 Å². The standard InChI is InChI=1S/C24H31N7O/c1-4-20(5-2)31-22(15-25)14-18-16-26-24(28-23(18)31)27-19-6-8-21(9-7-19)30-12-10-29(11-13-30)17(3)32/h6-9,14-16,20,25H,4-5,10-13H2,1-3H3,(H,26,27,28). The van der Waals surface area contributed by atoms with Crippen molar-refractivity contribution in [1.29, 1.82) is 5.41 Å². The third-order valence-electron chi connectivity index (χ3n) is 6.27. The number of fused-ring (bicyclic) bond motifs is 1. The number of rotatable bonds is 7. The Labute approximate surface area is 188 Å². The van der Waals surface area contributed by atoms with Gasteiger partial charge in [0.1, 0.15) is 5.65 Å². The summed E-state index contributed by atoms with van der Waals surface area (Å²) in [6.45, 7) is 9.16. The van der Waals surface area contributed by atoms with E-state index >= 15 is 0 Å². The maximum atomic E-state index is 11.5. The van der Waals surface area contributed by atoms with Crippen LogP contribution in [-0.4, -0.2) is 57.7 Å². The third-order valence-corrected chi connectivity index (χ3v) is 6.27. The maximum Gasteiger partial charge on any atom is 0.229 e. The van der Waals surface area contributed by atoms with E-state index in [1.807, 2.05) is 29.3 Å². The van der Waals surface area contributed by atoms with Crippen LogP contribution in [0.3, 0.4) is 0 Å². The summed E-state index contributed by atoms with van der Waals surface area (Å²) in [5.74, 6) is 0.686. The number of piperazine rings is 1. The van der Waals surface area contributed by atoms with Gasteiger partial charge in [-0.3, -0.25) is 4.79 Å². The van der Waals surface area contributed by atoms with Crippen LogP contribution in [0.5, 0.6) is 0 Å². The first-order valence-electron chi connectivity index (χ1n) is 11.3. The molecule has 1 fully saturated rings. The van der Waals surface area contributed by atoms with Crippen LogP contribution in [0.1, 0.15) is 45.3 Å². The van der Waals surface area contributed by atoms with Crippen LogP contribution in [0.15, 0.2) is 36.5 Å². The highest BCUT2D eigenvalue weighted by atomic mass is 16.2. The molecule has 2 aromatic heterocycles. The molecule has 0 aliphatic carbocycles. The zero-order valence-electron chi connectivity index (χ0n) is 19.0. The highest BCUT2D eigenvalue weighted by molar-refractivity contribution is 5.88. The Hall–Kier alpha value is -3.42. The zero-order chi connectivity index (χ0) is 22.7. The van der Waals surface area contributed by atoms with Crippen LogP contribution in [0.4, 0.5) is 17.3 Å². The van der Waals surface area contributed by atoms with Gasteiger partial charge in [-0.2, -0.15) is 4.98 Å². The number of carbonyl (C=O) groups excluding carboxylic acids is 1. The molecule has 0 bridgehead atoms. The van der Waals surface area contributed by atoms with E-state index in [-0.39, 0.29) is 5.91 Å². The molecule has 4 rings (SSSR count). The molecule has 32 heavy (non-hydrogen) atoms. The van der Waals surface area contributed by atoms with Crippen LogP contribution in [0.2, 0.25) is 0 Å². The quantitative estimate of drug-likeness (QED) is 0.545. The Morgan fingerprint density at radius 3 is 2.44 bits per heavy atom. The topological polar surface area (TPSA) is 90.1 Å². The van der Waals surface area contributed by atoms with Gasteiger partial charge in [0.05, 0.1) is 5.69 Å². The molecular weight excluding hydrogens is 402 g/mol. The molecule has 3 aromatic rings.